The quantitative estimate of drug-likeness (QED) is 0.705. The molecular weight excluding hydrogens is 344 g/mol. The Morgan fingerprint density at radius 3 is 2.59 bits per heavy atom. The third-order valence-electron chi connectivity index (χ3n) is 4.84. The molecule has 1 saturated heterocycles. The van der Waals surface area contributed by atoms with E-state index < -0.39 is 0 Å². The van der Waals surface area contributed by atoms with Crippen LogP contribution in [0.3, 0.4) is 0 Å². The Kier molecular flexibility index (Phi) is 4.70. The van der Waals surface area contributed by atoms with Gasteiger partial charge in [0.1, 0.15) is 0 Å². The van der Waals surface area contributed by atoms with Gasteiger partial charge in [-0.15, -0.1) is 5.10 Å². The number of aromatic nitrogens is 5. The van der Waals surface area contributed by atoms with E-state index in [2.05, 4.69) is 20.5 Å². The molecule has 2 aromatic heterocycles. The van der Waals surface area contributed by atoms with E-state index in [1.165, 1.54) is 0 Å². The van der Waals surface area contributed by atoms with Crippen LogP contribution in [0.15, 0.2) is 41.1 Å². The second-order valence-electron chi connectivity index (χ2n) is 7.10. The molecular formula is C19H22N6O2. The molecule has 1 aliphatic heterocycles. The van der Waals surface area contributed by atoms with Crippen molar-refractivity contribution in [2.24, 2.45) is 0 Å². The summed E-state index contributed by atoms with van der Waals surface area (Å²) in [5.41, 5.74) is 1.23. The van der Waals surface area contributed by atoms with Crippen molar-refractivity contribution < 1.29 is 9.32 Å². The molecule has 0 aliphatic carbocycles. The summed E-state index contributed by atoms with van der Waals surface area (Å²) in [4.78, 5) is 19.0. The highest BCUT2D eigenvalue weighted by Crippen LogP contribution is 2.28. The van der Waals surface area contributed by atoms with E-state index in [1.54, 1.807) is 10.9 Å². The van der Waals surface area contributed by atoms with E-state index >= 15 is 0 Å². The molecule has 140 valence electrons. The van der Waals surface area contributed by atoms with Crippen LogP contribution in [-0.2, 0) is 0 Å². The lowest BCUT2D eigenvalue weighted by Gasteiger charge is -2.29. The average molecular weight is 366 g/mol. The number of para-hydroxylation sites is 1. The minimum atomic E-state index is -0.0935. The highest BCUT2D eigenvalue weighted by molar-refractivity contribution is 5.92. The predicted octanol–water partition coefficient (Wildman–Crippen LogP) is 2.79. The number of hydrogen-bond donors (Lipinski definition) is 0. The Morgan fingerprint density at radius 1 is 1.19 bits per heavy atom. The molecule has 8 heteroatoms. The Balaban J connectivity index is 1.39. The summed E-state index contributed by atoms with van der Waals surface area (Å²) < 4.78 is 7.02. The number of rotatable bonds is 4. The summed E-state index contributed by atoms with van der Waals surface area (Å²) >= 11 is 0. The molecule has 0 spiro atoms. The van der Waals surface area contributed by atoms with Crippen molar-refractivity contribution in [1.82, 2.24) is 30.0 Å². The highest BCUT2D eigenvalue weighted by atomic mass is 16.5. The van der Waals surface area contributed by atoms with Gasteiger partial charge < -0.3 is 9.42 Å². The number of likely N-dealkylation sites (tertiary alicyclic amines) is 1. The Hall–Kier alpha value is -3.03. The van der Waals surface area contributed by atoms with Gasteiger partial charge in [-0.2, -0.15) is 4.98 Å². The van der Waals surface area contributed by atoms with Crippen LogP contribution in [-0.4, -0.2) is 49.0 Å². The zero-order valence-electron chi connectivity index (χ0n) is 15.4. The maximum absolute atomic E-state index is 12.7. The minimum absolute atomic E-state index is 0.0935. The normalized spacial score (nSPS) is 15.4. The second-order valence-corrected chi connectivity index (χ2v) is 7.10. The maximum Gasteiger partial charge on any atom is 0.276 e. The molecule has 27 heavy (non-hydrogen) atoms. The zero-order chi connectivity index (χ0) is 18.8. The highest BCUT2D eigenvalue weighted by Gasteiger charge is 2.29. The molecule has 0 unspecified atom stereocenters. The number of carbonyl (C=O) groups is 1. The first-order valence-corrected chi connectivity index (χ1v) is 9.22. The number of hydrogen-bond acceptors (Lipinski definition) is 6. The molecule has 0 radical (unpaired) electrons. The third kappa shape index (κ3) is 3.60. The predicted molar refractivity (Wildman–Crippen MR) is 97.6 cm³/mol. The number of carbonyl (C=O) groups excluding carboxylic acids is 1. The third-order valence-corrected chi connectivity index (χ3v) is 4.84. The van der Waals surface area contributed by atoms with Gasteiger partial charge in [-0.3, -0.25) is 4.79 Å². The van der Waals surface area contributed by atoms with Gasteiger partial charge in [-0.1, -0.05) is 42.4 Å². The first kappa shape index (κ1) is 17.4. The standard InChI is InChI=1S/C19H22N6O2/c1-13(2)17-20-18(27-22-17)14-8-10-24(11-9-14)19(26)16-12-25(23-21-16)15-6-4-3-5-7-15/h3-7,12-14H,8-11H2,1-2H3. The van der Waals surface area contributed by atoms with Crippen LogP contribution in [0.4, 0.5) is 0 Å². The summed E-state index contributed by atoms with van der Waals surface area (Å²) in [5.74, 6) is 1.77. The monoisotopic (exact) mass is 366 g/mol. The largest absolute Gasteiger partial charge is 0.339 e. The fourth-order valence-electron chi connectivity index (χ4n) is 3.21. The van der Waals surface area contributed by atoms with Crippen LogP contribution in [0.25, 0.3) is 5.69 Å². The number of nitrogens with zero attached hydrogens (tertiary/aromatic N) is 6. The van der Waals surface area contributed by atoms with Gasteiger partial charge in [0.2, 0.25) is 5.89 Å². The van der Waals surface area contributed by atoms with Crippen molar-refractivity contribution in [2.75, 3.05) is 13.1 Å². The molecule has 1 aromatic carbocycles. The van der Waals surface area contributed by atoms with Crippen LogP contribution in [0, 0.1) is 0 Å². The van der Waals surface area contributed by atoms with Crippen molar-refractivity contribution in [3.8, 4) is 5.69 Å². The first-order chi connectivity index (χ1) is 13.1. The van der Waals surface area contributed by atoms with E-state index in [4.69, 9.17) is 4.52 Å². The van der Waals surface area contributed by atoms with Gasteiger partial charge >= 0.3 is 0 Å². The summed E-state index contributed by atoms with van der Waals surface area (Å²) in [6.45, 7) is 5.36. The van der Waals surface area contributed by atoms with Crippen LogP contribution < -0.4 is 0 Å². The Bertz CT molecular complexity index is 909. The summed E-state index contributed by atoms with van der Waals surface area (Å²) in [7, 11) is 0. The van der Waals surface area contributed by atoms with Crippen molar-refractivity contribution in [1.29, 1.82) is 0 Å². The van der Waals surface area contributed by atoms with Crippen molar-refractivity contribution in [3.63, 3.8) is 0 Å². The maximum atomic E-state index is 12.7. The average Bonchev–Trinajstić information content (AvgIpc) is 3.38. The fourth-order valence-corrected chi connectivity index (χ4v) is 3.21. The van der Waals surface area contributed by atoms with Crippen LogP contribution >= 0.6 is 0 Å². The topological polar surface area (TPSA) is 89.9 Å². The van der Waals surface area contributed by atoms with Crippen LogP contribution in [0.2, 0.25) is 0 Å². The molecule has 0 atom stereocenters. The summed E-state index contributed by atoms with van der Waals surface area (Å²) in [5, 5.41) is 12.2. The molecule has 3 aromatic rings. The molecule has 4 rings (SSSR count). The van der Waals surface area contributed by atoms with Crippen molar-refractivity contribution in [3.05, 3.63) is 53.9 Å². The fraction of sp³-hybridized carbons (Fsp3) is 0.421. The molecule has 8 nitrogen and oxygen atoms in total. The zero-order valence-corrected chi connectivity index (χ0v) is 15.4. The van der Waals surface area contributed by atoms with E-state index in [0.29, 0.717) is 24.7 Å². The first-order valence-electron chi connectivity index (χ1n) is 9.22. The van der Waals surface area contributed by atoms with Gasteiger partial charge in [-0.25, -0.2) is 4.68 Å². The molecule has 1 fully saturated rings. The summed E-state index contributed by atoms with van der Waals surface area (Å²) in [6, 6.07) is 9.62. The Morgan fingerprint density at radius 2 is 1.93 bits per heavy atom. The number of amides is 1. The van der Waals surface area contributed by atoms with Crippen LogP contribution in [0.5, 0.6) is 0 Å². The molecule has 0 saturated carbocycles. The van der Waals surface area contributed by atoms with Crippen LogP contribution in [0.1, 0.15) is 60.7 Å². The SMILES string of the molecule is CC(C)c1noc(C2CCN(C(=O)c3cn(-c4ccccc4)nn3)CC2)n1. The minimum Gasteiger partial charge on any atom is -0.339 e. The van der Waals surface area contributed by atoms with Gasteiger partial charge in [0.05, 0.1) is 11.9 Å². The lowest BCUT2D eigenvalue weighted by atomic mass is 9.96. The van der Waals surface area contributed by atoms with E-state index in [-0.39, 0.29) is 17.7 Å². The summed E-state index contributed by atoms with van der Waals surface area (Å²) in [6.07, 6.45) is 3.28. The van der Waals surface area contributed by atoms with E-state index in [9.17, 15) is 4.79 Å². The smallest absolute Gasteiger partial charge is 0.276 e. The Labute approximate surface area is 157 Å². The van der Waals surface area contributed by atoms with Gasteiger partial charge in [0, 0.05) is 24.9 Å². The van der Waals surface area contributed by atoms with Gasteiger partial charge in [0.25, 0.3) is 5.91 Å². The second kappa shape index (κ2) is 7.30. The number of piperidine rings is 1. The van der Waals surface area contributed by atoms with E-state index in [1.807, 2.05) is 49.1 Å². The molecule has 1 aliphatic rings. The molecule has 3 heterocycles. The number of benzene rings is 1. The van der Waals surface area contributed by atoms with E-state index in [0.717, 1.165) is 24.4 Å². The van der Waals surface area contributed by atoms with Gasteiger partial charge in [-0.05, 0) is 25.0 Å². The van der Waals surface area contributed by atoms with Crippen molar-refractivity contribution in [2.45, 2.75) is 38.5 Å². The lowest BCUT2D eigenvalue weighted by Crippen LogP contribution is -2.38. The molecule has 0 bridgehead atoms. The lowest BCUT2D eigenvalue weighted by molar-refractivity contribution is 0.0698. The van der Waals surface area contributed by atoms with Gasteiger partial charge in [0.15, 0.2) is 11.5 Å². The molecule has 0 N–H and O–H groups in total. The molecule has 1 amide bonds. The van der Waals surface area contributed by atoms with Crippen molar-refractivity contribution >= 4 is 5.91 Å².